The summed E-state index contributed by atoms with van der Waals surface area (Å²) in [6, 6.07) is 11.1. The molecule has 24 heavy (non-hydrogen) atoms. The van der Waals surface area contributed by atoms with Gasteiger partial charge in [0.1, 0.15) is 0 Å². The smallest absolute Gasteiger partial charge is 0.230 e. The maximum atomic E-state index is 12.3. The van der Waals surface area contributed by atoms with Crippen LogP contribution in [0, 0.1) is 0 Å². The molecule has 1 aromatic heterocycles. The number of benzene rings is 2. The Morgan fingerprint density at radius 1 is 1.17 bits per heavy atom. The van der Waals surface area contributed by atoms with Crippen LogP contribution in [0.3, 0.4) is 0 Å². The molecule has 2 N–H and O–H groups in total. The summed E-state index contributed by atoms with van der Waals surface area (Å²) in [6.07, 6.45) is 0.214. The van der Waals surface area contributed by atoms with Gasteiger partial charge in [-0.25, -0.2) is 0 Å². The molecule has 7 heteroatoms. The van der Waals surface area contributed by atoms with E-state index in [0.29, 0.717) is 17.3 Å². The monoisotopic (exact) mass is 389 g/mol. The number of rotatable bonds is 5. The zero-order valence-corrected chi connectivity index (χ0v) is 14.8. The van der Waals surface area contributed by atoms with E-state index >= 15 is 0 Å². The van der Waals surface area contributed by atoms with Crippen LogP contribution < -0.4 is 14.8 Å². The highest BCUT2D eigenvalue weighted by molar-refractivity contribution is 9.10. The summed E-state index contributed by atoms with van der Waals surface area (Å²) in [5.41, 5.74) is 1.68. The van der Waals surface area contributed by atoms with Crippen molar-refractivity contribution in [1.82, 2.24) is 10.2 Å². The van der Waals surface area contributed by atoms with Crippen LogP contribution in [0.15, 0.2) is 40.9 Å². The number of anilines is 1. The molecule has 3 aromatic rings. The third kappa shape index (κ3) is 3.35. The van der Waals surface area contributed by atoms with E-state index in [1.807, 2.05) is 24.3 Å². The van der Waals surface area contributed by atoms with Crippen molar-refractivity contribution in [2.45, 2.75) is 6.42 Å². The predicted octanol–water partition coefficient (Wildman–Crippen LogP) is 3.52. The van der Waals surface area contributed by atoms with E-state index in [1.54, 1.807) is 26.4 Å². The molecule has 0 saturated heterocycles. The van der Waals surface area contributed by atoms with Crippen molar-refractivity contribution in [1.29, 1.82) is 0 Å². The van der Waals surface area contributed by atoms with Gasteiger partial charge in [0.05, 0.1) is 26.2 Å². The molecular weight excluding hydrogens is 374 g/mol. The molecule has 0 unspecified atom stereocenters. The number of hydrogen-bond donors (Lipinski definition) is 2. The number of H-pyrrole nitrogens is 1. The second-order valence-corrected chi connectivity index (χ2v) is 6.09. The van der Waals surface area contributed by atoms with Gasteiger partial charge in [0.15, 0.2) is 17.3 Å². The lowest BCUT2D eigenvalue weighted by molar-refractivity contribution is -0.115. The van der Waals surface area contributed by atoms with Crippen LogP contribution in [0.1, 0.15) is 5.56 Å². The van der Waals surface area contributed by atoms with Crippen molar-refractivity contribution in [3.05, 3.63) is 46.4 Å². The van der Waals surface area contributed by atoms with E-state index in [2.05, 4.69) is 31.4 Å². The first kappa shape index (κ1) is 16.3. The molecular formula is C17H16BrN3O3. The number of nitrogens with zero attached hydrogens (tertiary/aromatic N) is 1. The van der Waals surface area contributed by atoms with Crippen LogP contribution in [-0.4, -0.2) is 30.3 Å². The number of fused-ring (bicyclic) bond motifs is 1. The molecule has 124 valence electrons. The summed E-state index contributed by atoms with van der Waals surface area (Å²) in [7, 11) is 3.14. The molecule has 0 spiro atoms. The van der Waals surface area contributed by atoms with E-state index < -0.39 is 0 Å². The van der Waals surface area contributed by atoms with Gasteiger partial charge in [-0.3, -0.25) is 9.89 Å². The molecule has 0 bridgehead atoms. The fraction of sp³-hybridized carbons (Fsp3) is 0.176. The van der Waals surface area contributed by atoms with Crippen LogP contribution in [0.4, 0.5) is 5.82 Å². The lowest BCUT2D eigenvalue weighted by Gasteiger charge is -2.09. The Hall–Kier alpha value is -2.54. The van der Waals surface area contributed by atoms with Gasteiger partial charge < -0.3 is 14.8 Å². The number of aromatic nitrogens is 2. The highest BCUT2D eigenvalue weighted by Crippen LogP contribution is 2.28. The number of carbonyl (C=O) groups excluding carboxylic acids is 1. The molecule has 1 amide bonds. The molecule has 0 aliphatic heterocycles. The van der Waals surface area contributed by atoms with Crippen molar-refractivity contribution in [2.24, 2.45) is 0 Å². The molecule has 0 saturated carbocycles. The average Bonchev–Trinajstić information content (AvgIpc) is 2.96. The van der Waals surface area contributed by atoms with Crippen LogP contribution in [0.2, 0.25) is 0 Å². The maximum absolute atomic E-state index is 12.3. The Kier molecular flexibility index (Phi) is 4.71. The lowest BCUT2D eigenvalue weighted by Crippen LogP contribution is -2.15. The molecule has 1 heterocycles. The van der Waals surface area contributed by atoms with E-state index in [0.717, 1.165) is 20.9 Å². The predicted molar refractivity (Wildman–Crippen MR) is 95.7 cm³/mol. The van der Waals surface area contributed by atoms with E-state index in [9.17, 15) is 4.79 Å². The SMILES string of the molecule is COc1ccc(CC(=O)Nc2n[nH]c3cc(Br)ccc23)cc1OC. The maximum Gasteiger partial charge on any atom is 0.230 e. The van der Waals surface area contributed by atoms with Crippen molar-refractivity contribution in [2.75, 3.05) is 19.5 Å². The van der Waals surface area contributed by atoms with Gasteiger partial charge in [-0.05, 0) is 35.9 Å². The molecule has 6 nitrogen and oxygen atoms in total. The number of nitrogens with one attached hydrogen (secondary N) is 2. The lowest BCUT2D eigenvalue weighted by atomic mass is 10.1. The summed E-state index contributed by atoms with van der Waals surface area (Å²) >= 11 is 3.40. The average molecular weight is 390 g/mol. The van der Waals surface area contributed by atoms with Crippen molar-refractivity contribution < 1.29 is 14.3 Å². The number of aromatic amines is 1. The van der Waals surface area contributed by atoms with Gasteiger partial charge >= 0.3 is 0 Å². The number of carbonyl (C=O) groups is 1. The number of amides is 1. The minimum Gasteiger partial charge on any atom is -0.493 e. The highest BCUT2D eigenvalue weighted by Gasteiger charge is 2.12. The number of halogens is 1. The molecule has 0 fully saturated rings. The second kappa shape index (κ2) is 6.92. The van der Waals surface area contributed by atoms with Gasteiger partial charge in [-0.1, -0.05) is 22.0 Å². The first-order chi connectivity index (χ1) is 11.6. The summed E-state index contributed by atoms with van der Waals surface area (Å²) in [4.78, 5) is 12.3. The van der Waals surface area contributed by atoms with Gasteiger partial charge in [-0.2, -0.15) is 5.10 Å². The van der Waals surface area contributed by atoms with Gasteiger partial charge in [0, 0.05) is 9.86 Å². The normalized spacial score (nSPS) is 10.6. The molecule has 3 rings (SSSR count). The Balaban J connectivity index is 1.75. The van der Waals surface area contributed by atoms with Crippen LogP contribution in [-0.2, 0) is 11.2 Å². The summed E-state index contributed by atoms with van der Waals surface area (Å²) in [5.74, 6) is 1.59. The number of ether oxygens (including phenoxy) is 2. The van der Waals surface area contributed by atoms with Crippen molar-refractivity contribution >= 4 is 38.6 Å². The van der Waals surface area contributed by atoms with Gasteiger partial charge in [0.25, 0.3) is 0 Å². The highest BCUT2D eigenvalue weighted by atomic mass is 79.9. The summed E-state index contributed by atoms with van der Waals surface area (Å²) < 4.78 is 11.4. The summed E-state index contributed by atoms with van der Waals surface area (Å²) in [5, 5.41) is 10.7. The standard InChI is InChI=1S/C17H16BrN3O3/c1-23-14-6-3-10(7-15(14)24-2)8-16(22)19-17-12-5-4-11(18)9-13(12)20-21-17/h3-7,9H,8H2,1-2H3,(H2,19,20,21,22). The molecule has 0 radical (unpaired) electrons. The van der Waals surface area contributed by atoms with Crippen LogP contribution in [0.5, 0.6) is 11.5 Å². The fourth-order valence-electron chi connectivity index (χ4n) is 2.44. The number of methoxy groups -OCH3 is 2. The number of hydrogen-bond acceptors (Lipinski definition) is 4. The Labute approximate surface area is 147 Å². The van der Waals surface area contributed by atoms with E-state index in [-0.39, 0.29) is 12.3 Å². The van der Waals surface area contributed by atoms with Crippen molar-refractivity contribution in [3.8, 4) is 11.5 Å². The second-order valence-electron chi connectivity index (χ2n) is 5.18. The van der Waals surface area contributed by atoms with E-state index in [4.69, 9.17) is 9.47 Å². The first-order valence-electron chi connectivity index (χ1n) is 7.25. The zero-order valence-electron chi connectivity index (χ0n) is 13.2. The minimum absolute atomic E-state index is 0.154. The summed E-state index contributed by atoms with van der Waals surface area (Å²) in [6.45, 7) is 0. The van der Waals surface area contributed by atoms with E-state index in [1.165, 1.54) is 0 Å². The first-order valence-corrected chi connectivity index (χ1v) is 8.04. The zero-order chi connectivity index (χ0) is 17.1. The molecule has 2 aromatic carbocycles. The van der Waals surface area contributed by atoms with Gasteiger partial charge in [-0.15, -0.1) is 0 Å². The quantitative estimate of drug-likeness (QED) is 0.699. The topological polar surface area (TPSA) is 76.2 Å². The third-order valence-corrected chi connectivity index (χ3v) is 4.09. The Morgan fingerprint density at radius 3 is 2.71 bits per heavy atom. The Bertz CT molecular complexity index is 892. The largest absolute Gasteiger partial charge is 0.493 e. The van der Waals surface area contributed by atoms with Crippen LogP contribution in [0.25, 0.3) is 10.9 Å². The third-order valence-electron chi connectivity index (χ3n) is 3.60. The van der Waals surface area contributed by atoms with Crippen molar-refractivity contribution in [3.63, 3.8) is 0 Å². The van der Waals surface area contributed by atoms with Gasteiger partial charge in [0.2, 0.25) is 5.91 Å². The van der Waals surface area contributed by atoms with Crippen LogP contribution >= 0.6 is 15.9 Å². The fourth-order valence-corrected chi connectivity index (χ4v) is 2.80. The molecule has 0 atom stereocenters. The molecule has 0 aliphatic rings. The Morgan fingerprint density at radius 2 is 1.96 bits per heavy atom. The molecule has 0 aliphatic carbocycles. The minimum atomic E-state index is -0.154.